The number of benzene rings is 2. The van der Waals surface area contributed by atoms with Crippen LogP contribution < -0.4 is 24.3 Å². The minimum atomic E-state index is -0.357. The molecule has 1 aromatic heterocycles. The normalized spacial score (nSPS) is 11.9. The van der Waals surface area contributed by atoms with Crippen molar-refractivity contribution in [2.24, 2.45) is 0 Å². The molecule has 0 bridgehead atoms. The summed E-state index contributed by atoms with van der Waals surface area (Å²) in [6.45, 7) is 0.395. The molecule has 0 aliphatic carbocycles. The second kappa shape index (κ2) is 7.33. The Labute approximate surface area is 155 Å². The second-order valence-corrected chi connectivity index (χ2v) is 5.75. The van der Waals surface area contributed by atoms with Crippen LogP contribution in [0.5, 0.6) is 23.0 Å². The van der Waals surface area contributed by atoms with Crippen molar-refractivity contribution in [3.05, 3.63) is 66.1 Å². The van der Waals surface area contributed by atoms with E-state index in [1.165, 1.54) is 0 Å². The number of hydrogen-bond donors (Lipinski definition) is 1. The lowest BCUT2D eigenvalue weighted by molar-refractivity contribution is 0.0992. The van der Waals surface area contributed by atoms with Crippen LogP contribution in [0.4, 0.5) is 5.69 Å². The monoisotopic (exact) mass is 367 g/mol. The fourth-order valence-corrected chi connectivity index (χ4v) is 2.57. The summed E-state index contributed by atoms with van der Waals surface area (Å²) in [7, 11) is 1.61. The van der Waals surface area contributed by atoms with Gasteiger partial charge in [0, 0.05) is 11.8 Å². The molecular weight excluding hydrogens is 350 g/mol. The number of anilines is 1. The number of rotatable bonds is 6. The Kier molecular flexibility index (Phi) is 4.57. The Morgan fingerprint density at radius 3 is 2.59 bits per heavy atom. The maximum Gasteiger partial charge on any atom is 0.291 e. The van der Waals surface area contributed by atoms with E-state index in [2.05, 4.69) is 5.32 Å². The predicted molar refractivity (Wildman–Crippen MR) is 96.6 cm³/mol. The first kappa shape index (κ1) is 16.8. The Morgan fingerprint density at radius 2 is 1.78 bits per heavy atom. The Balaban J connectivity index is 1.36. The molecule has 0 fully saturated rings. The molecule has 0 spiro atoms. The molecule has 1 N–H and O–H groups in total. The van der Waals surface area contributed by atoms with E-state index < -0.39 is 0 Å². The minimum absolute atomic E-state index is 0.183. The highest BCUT2D eigenvalue weighted by Gasteiger charge is 2.16. The third-order valence-electron chi connectivity index (χ3n) is 3.96. The van der Waals surface area contributed by atoms with Crippen molar-refractivity contribution in [1.82, 2.24) is 0 Å². The van der Waals surface area contributed by atoms with Crippen molar-refractivity contribution < 1.29 is 28.2 Å². The van der Waals surface area contributed by atoms with Crippen LogP contribution in [0.1, 0.15) is 16.3 Å². The predicted octanol–water partition coefficient (Wildman–Crippen LogP) is 3.85. The van der Waals surface area contributed by atoms with Crippen LogP contribution >= 0.6 is 0 Å². The average molecular weight is 367 g/mol. The maximum absolute atomic E-state index is 12.3. The summed E-state index contributed by atoms with van der Waals surface area (Å²) >= 11 is 0. The molecule has 3 aromatic rings. The highest BCUT2D eigenvalue weighted by Crippen LogP contribution is 2.34. The minimum Gasteiger partial charge on any atom is -0.497 e. The number of fused-ring (bicyclic) bond motifs is 1. The largest absolute Gasteiger partial charge is 0.497 e. The summed E-state index contributed by atoms with van der Waals surface area (Å²) in [5.41, 5.74) is 0.594. The molecule has 2 heterocycles. The second-order valence-electron chi connectivity index (χ2n) is 5.75. The van der Waals surface area contributed by atoms with E-state index in [1.807, 2.05) is 12.1 Å². The zero-order valence-corrected chi connectivity index (χ0v) is 14.6. The molecule has 1 aliphatic heterocycles. The quantitative estimate of drug-likeness (QED) is 0.713. The number of amides is 1. The average Bonchev–Trinajstić information content (AvgIpc) is 3.36. The van der Waals surface area contributed by atoms with Gasteiger partial charge in [0.1, 0.15) is 23.9 Å². The standard InChI is InChI=1S/C20H17NO6/c1-23-14-3-5-15(6-4-14)24-11-16-7-9-18(27-16)20(22)21-13-2-8-17-19(10-13)26-12-25-17/h2-10H,11-12H2,1H3,(H,21,22). The van der Waals surface area contributed by atoms with Gasteiger partial charge in [0.05, 0.1) is 7.11 Å². The maximum atomic E-state index is 12.3. The van der Waals surface area contributed by atoms with Crippen LogP contribution in [0.3, 0.4) is 0 Å². The number of carbonyl (C=O) groups is 1. The molecule has 0 unspecified atom stereocenters. The molecule has 138 valence electrons. The van der Waals surface area contributed by atoms with Crippen LogP contribution in [0.2, 0.25) is 0 Å². The molecule has 27 heavy (non-hydrogen) atoms. The van der Waals surface area contributed by atoms with Crippen molar-refractivity contribution in [2.75, 3.05) is 19.2 Å². The van der Waals surface area contributed by atoms with Crippen molar-refractivity contribution in [3.8, 4) is 23.0 Å². The van der Waals surface area contributed by atoms with Crippen LogP contribution in [-0.4, -0.2) is 19.8 Å². The molecule has 0 radical (unpaired) electrons. The number of carbonyl (C=O) groups excluding carboxylic acids is 1. The van der Waals surface area contributed by atoms with Gasteiger partial charge in [0.2, 0.25) is 6.79 Å². The van der Waals surface area contributed by atoms with Gasteiger partial charge in [-0.1, -0.05) is 0 Å². The van der Waals surface area contributed by atoms with Gasteiger partial charge in [0.25, 0.3) is 5.91 Å². The summed E-state index contributed by atoms with van der Waals surface area (Å²) in [5.74, 6) is 3.07. The van der Waals surface area contributed by atoms with Crippen LogP contribution in [0.25, 0.3) is 0 Å². The lowest BCUT2D eigenvalue weighted by Gasteiger charge is -2.06. The topological polar surface area (TPSA) is 79.2 Å². The van der Waals surface area contributed by atoms with Crippen LogP contribution in [0, 0.1) is 0 Å². The van der Waals surface area contributed by atoms with Gasteiger partial charge < -0.3 is 28.7 Å². The van der Waals surface area contributed by atoms with Gasteiger partial charge in [-0.15, -0.1) is 0 Å². The summed E-state index contributed by atoms with van der Waals surface area (Å²) in [6.07, 6.45) is 0. The molecule has 2 aromatic carbocycles. The number of nitrogens with one attached hydrogen (secondary N) is 1. The molecule has 0 saturated carbocycles. The first-order chi connectivity index (χ1) is 13.2. The van der Waals surface area contributed by atoms with Crippen molar-refractivity contribution in [2.45, 2.75) is 6.61 Å². The molecule has 0 saturated heterocycles. The van der Waals surface area contributed by atoms with Crippen molar-refractivity contribution >= 4 is 11.6 Å². The Hall–Kier alpha value is -3.61. The number of ether oxygens (including phenoxy) is 4. The molecule has 0 atom stereocenters. The Bertz CT molecular complexity index is 947. The lowest BCUT2D eigenvalue weighted by Crippen LogP contribution is -2.10. The summed E-state index contributed by atoms with van der Waals surface area (Å²) in [6, 6.07) is 15.7. The first-order valence-electron chi connectivity index (χ1n) is 8.28. The van der Waals surface area contributed by atoms with E-state index in [9.17, 15) is 4.79 Å². The van der Waals surface area contributed by atoms with E-state index in [-0.39, 0.29) is 25.1 Å². The summed E-state index contributed by atoms with van der Waals surface area (Å²) < 4.78 is 26.8. The van der Waals surface area contributed by atoms with E-state index >= 15 is 0 Å². The zero-order chi connectivity index (χ0) is 18.6. The number of methoxy groups -OCH3 is 1. The van der Waals surface area contributed by atoms with Crippen LogP contribution in [0.15, 0.2) is 59.0 Å². The third kappa shape index (κ3) is 3.82. The zero-order valence-electron chi connectivity index (χ0n) is 14.6. The number of hydrogen-bond acceptors (Lipinski definition) is 6. The fourth-order valence-electron chi connectivity index (χ4n) is 2.57. The summed E-state index contributed by atoms with van der Waals surface area (Å²) in [5, 5.41) is 2.76. The Morgan fingerprint density at radius 1 is 1.00 bits per heavy atom. The van der Waals surface area contributed by atoms with E-state index in [0.29, 0.717) is 28.7 Å². The van der Waals surface area contributed by atoms with Crippen molar-refractivity contribution in [1.29, 1.82) is 0 Å². The molecule has 1 amide bonds. The molecule has 7 nitrogen and oxygen atoms in total. The van der Waals surface area contributed by atoms with Gasteiger partial charge in [-0.3, -0.25) is 4.79 Å². The molecule has 7 heteroatoms. The molecule has 4 rings (SSSR count). The lowest BCUT2D eigenvalue weighted by atomic mass is 10.2. The SMILES string of the molecule is COc1ccc(OCc2ccc(C(=O)Nc3ccc4c(c3)OCO4)o2)cc1. The van der Waals surface area contributed by atoms with Gasteiger partial charge in [-0.2, -0.15) is 0 Å². The fraction of sp³-hybridized carbons (Fsp3) is 0.150. The van der Waals surface area contributed by atoms with Crippen LogP contribution in [-0.2, 0) is 6.61 Å². The summed E-state index contributed by atoms with van der Waals surface area (Å²) in [4.78, 5) is 12.3. The van der Waals surface area contributed by atoms with E-state index in [4.69, 9.17) is 23.4 Å². The smallest absolute Gasteiger partial charge is 0.291 e. The van der Waals surface area contributed by atoms with Crippen molar-refractivity contribution in [3.63, 3.8) is 0 Å². The first-order valence-corrected chi connectivity index (χ1v) is 8.28. The highest BCUT2D eigenvalue weighted by molar-refractivity contribution is 6.02. The molecule has 1 aliphatic rings. The van der Waals surface area contributed by atoms with E-state index in [0.717, 1.165) is 5.75 Å². The molecular formula is C20H17NO6. The van der Waals surface area contributed by atoms with Gasteiger partial charge >= 0.3 is 0 Å². The van der Waals surface area contributed by atoms with Gasteiger partial charge in [-0.25, -0.2) is 0 Å². The highest BCUT2D eigenvalue weighted by atomic mass is 16.7. The van der Waals surface area contributed by atoms with Gasteiger partial charge in [-0.05, 0) is 48.5 Å². The third-order valence-corrected chi connectivity index (χ3v) is 3.96. The van der Waals surface area contributed by atoms with E-state index in [1.54, 1.807) is 49.6 Å². The van der Waals surface area contributed by atoms with Gasteiger partial charge in [0.15, 0.2) is 17.3 Å². The number of furan rings is 1.